The van der Waals surface area contributed by atoms with E-state index in [1.807, 2.05) is 37.3 Å². The highest BCUT2D eigenvalue weighted by Crippen LogP contribution is 2.17. The highest BCUT2D eigenvalue weighted by atomic mass is 35.5. The van der Waals surface area contributed by atoms with Crippen LogP contribution in [-0.4, -0.2) is 22.2 Å². The second kappa shape index (κ2) is 7.67. The third kappa shape index (κ3) is 3.59. The monoisotopic (exact) mass is 294 g/mol. The lowest BCUT2D eigenvalue weighted by molar-refractivity contribution is -0.117. The van der Waals surface area contributed by atoms with Crippen molar-refractivity contribution in [1.82, 2.24) is 9.78 Å². The number of benzene rings is 1. The Bertz CT molecular complexity index is 541. The van der Waals surface area contributed by atoms with Crippen LogP contribution in [0, 0.1) is 0 Å². The molecule has 0 radical (unpaired) electrons. The van der Waals surface area contributed by atoms with E-state index in [1.165, 1.54) is 0 Å². The summed E-state index contributed by atoms with van der Waals surface area (Å²) < 4.78 is 1.73. The minimum Gasteiger partial charge on any atom is -0.329 e. The fourth-order valence-corrected chi connectivity index (χ4v) is 1.98. The molecule has 0 spiro atoms. The van der Waals surface area contributed by atoms with E-state index >= 15 is 0 Å². The predicted molar refractivity (Wildman–Crippen MR) is 82.0 cm³/mol. The topological polar surface area (TPSA) is 72.9 Å². The van der Waals surface area contributed by atoms with Gasteiger partial charge in [0, 0.05) is 19.2 Å². The smallest absolute Gasteiger partial charge is 0.234 e. The fourth-order valence-electron chi connectivity index (χ4n) is 1.98. The van der Waals surface area contributed by atoms with E-state index in [2.05, 4.69) is 10.4 Å². The molecule has 1 amide bonds. The van der Waals surface area contributed by atoms with Crippen molar-refractivity contribution in [3.63, 3.8) is 0 Å². The average molecular weight is 295 g/mol. The average Bonchev–Trinajstić information content (AvgIpc) is 2.88. The summed E-state index contributed by atoms with van der Waals surface area (Å²) in [5, 5.41) is 6.99. The van der Waals surface area contributed by atoms with E-state index in [1.54, 1.807) is 16.9 Å². The summed E-state index contributed by atoms with van der Waals surface area (Å²) in [6.45, 7) is 2.96. The van der Waals surface area contributed by atoms with Crippen molar-refractivity contribution in [2.24, 2.45) is 5.73 Å². The van der Waals surface area contributed by atoms with Gasteiger partial charge in [-0.25, -0.2) is 4.68 Å². The Kier molecular flexibility index (Phi) is 6.21. The Morgan fingerprint density at radius 1 is 1.35 bits per heavy atom. The zero-order valence-corrected chi connectivity index (χ0v) is 12.1. The van der Waals surface area contributed by atoms with Gasteiger partial charge in [0.15, 0.2) is 0 Å². The normalized spacial score (nSPS) is 11.5. The number of nitrogens with zero attached hydrogens (tertiary/aromatic N) is 2. The van der Waals surface area contributed by atoms with E-state index in [-0.39, 0.29) is 30.8 Å². The van der Waals surface area contributed by atoms with Crippen molar-refractivity contribution >= 4 is 24.1 Å². The van der Waals surface area contributed by atoms with Crippen LogP contribution in [0.15, 0.2) is 42.6 Å². The Morgan fingerprint density at radius 3 is 2.65 bits per heavy atom. The van der Waals surface area contributed by atoms with Crippen LogP contribution in [0.1, 0.15) is 18.4 Å². The van der Waals surface area contributed by atoms with Crippen LogP contribution in [0.25, 0.3) is 0 Å². The predicted octanol–water partition coefficient (Wildman–Crippen LogP) is 2.01. The Labute approximate surface area is 124 Å². The van der Waals surface area contributed by atoms with Gasteiger partial charge in [0.2, 0.25) is 5.91 Å². The molecule has 5 nitrogen and oxygen atoms in total. The number of rotatable bonds is 5. The summed E-state index contributed by atoms with van der Waals surface area (Å²) >= 11 is 0. The summed E-state index contributed by atoms with van der Waals surface area (Å²) in [4.78, 5) is 12.3. The molecule has 0 saturated carbocycles. The number of aryl methyl sites for hydroxylation is 1. The maximum atomic E-state index is 12.3. The van der Waals surface area contributed by atoms with E-state index in [4.69, 9.17) is 5.73 Å². The quantitative estimate of drug-likeness (QED) is 0.886. The van der Waals surface area contributed by atoms with E-state index < -0.39 is 0 Å². The first-order valence-corrected chi connectivity index (χ1v) is 6.34. The van der Waals surface area contributed by atoms with E-state index in [9.17, 15) is 4.79 Å². The summed E-state index contributed by atoms with van der Waals surface area (Å²) in [6, 6.07) is 11.3. The summed E-state index contributed by atoms with van der Waals surface area (Å²) in [5.41, 5.74) is 6.64. The van der Waals surface area contributed by atoms with Crippen LogP contribution in [0.5, 0.6) is 0 Å². The molecule has 0 aliphatic carbocycles. The van der Waals surface area contributed by atoms with Gasteiger partial charge >= 0.3 is 0 Å². The largest absolute Gasteiger partial charge is 0.329 e. The molecule has 1 atom stereocenters. The number of carbonyl (C=O) groups excluding carboxylic acids is 1. The number of hydrogen-bond acceptors (Lipinski definition) is 3. The van der Waals surface area contributed by atoms with Crippen molar-refractivity contribution in [2.75, 3.05) is 11.9 Å². The minimum absolute atomic E-state index is 0. The minimum atomic E-state index is -0.346. The molecule has 2 rings (SSSR count). The van der Waals surface area contributed by atoms with Crippen LogP contribution < -0.4 is 11.1 Å². The molecule has 3 N–H and O–H groups in total. The number of amides is 1. The van der Waals surface area contributed by atoms with Crippen molar-refractivity contribution in [2.45, 2.75) is 19.4 Å². The third-order valence-electron chi connectivity index (χ3n) is 3.02. The molecule has 0 bridgehead atoms. The summed E-state index contributed by atoms with van der Waals surface area (Å²) in [7, 11) is 0. The van der Waals surface area contributed by atoms with Crippen LogP contribution in [0.3, 0.4) is 0 Å². The van der Waals surface area contributed by atoms with E-state index in [0.29, 0.717) is 12.4 Å². The maximum Gasteiger partial charge on any atom is 0.234 e. The molecule has 0 aliphatic rings. The molecule has 1 unspecified atom stereocenters. The van der Waals surface area contributed by atoms with Gasteiger partial charge < -0.3 is 11.1 Å². The number of nitrogens with two attached hydrogens (primary N) is 1. The molecule has 0 fully saturated rings. The van der Waals surface area contributed by atoms with Gasteiger partial charge in [-0.1, -0.05) is 30.3 Å². The second-order valence-electron chi connectivity index (χ2n) is 4.22. The van der Waals surface area contributed by atoms with Crippen LogP contribution in [-0.2, 0) is 11.3 Å². The van der Waals surface area contributed by atoms with Crippen molar-refractivity contribution < 1.29 is 4.79 Å². The number of aromatic nitrogens is 2. The third-order valence-corrected chi connectivity index (χ3v) is 3.02. The number of nitrogens with one attached hydrogen (secondary N) is 1. The zero-order valence-electron chi connectivity index (χ0n) is 11.3. The SMILES string of the molecule is CCn1nccc1NC(=O)C(CN)c1ccccc1.Cl. The van der Waals surface area contributed by atoms with Gasteiger partial charge in [-0.05, 0) is 12.5 Å². The molecule has 0 saturated heterocycles. The number of halogens is 1. The number of anilines is 1. The van der Waals surface area contributed by atoms with Crippen molar-refractivity contribution in [1.29, 1.82) is 0 Å². The van der Waals surface area contributed by atoms with Gasteiger partial charge in [-0.15, -0.1) is 12.4 Å². The highest BCUT2D eigenvalue weighted by Gasteiger charge is 2.19. The molecule has 1 aromatic heterocycles. The molecular weight excluding hydrogens is 276 g/mol. The first-order valence-electron chi connectivity index (χ1n) is 6.34. The summed E-state index contributed by atoms with van der Waals surface area (Å²) in [6.07, 6.45) is 1.67. The van der Waals surface area contributed by atoms with Crippen LogP contribution in [0.4, 0.5) is 5.82 Å². The Balaban J connectivity index is 0.00000200. The van der Waals surface area contributed by atoms with Gasteiger partial charge in [-0.3, -0.25) is 4.79 Å². The first kappa shape index (κ1) is 16.2. The van der Waals surface area contributed by atoms with Gasteiger partial charge in [0.25, 0.3) is 0 Å². The van der Waals surface area contributed by atoms with Crippen LogP contribution >= 0.6 is 12.4 Å². The van der Waals surface area contributed by atoms with Crippen molar-refractivity contribution in [3.05, 3.63) is 48.2 Å². The lowest BCUT2D eigenvalue weighted by atomic mass is 9.98. The summed E-state index contributed by atoms with van der Waals surface area (Å²) in [5.74, 6) is 0.243. The molecule has 0 aliphatic heterocycles. The van der Waals surface area contributed by atoms with Crippen molar-refractivity contribution in [3.8, 4) is 0 Å². The van der Waals surface area contributed by atoms with Gasteiger partial charge in [-0.2, -0.15) is 5.10 Å². The zero-order chi connectivity index (χ0) is 13.7. The lowest BCUT2D eigenvalue weighted by Gasteiger charge is -2.15. The van der Waals surface area contributed by atoms with Crippen LogP contribution in [0.2, 0.25) is 0 Å². The molecular formula is C14H19ClN4O. The van der Waals surface area contributed by atoms with Gasteiger partial charge in [0.05, 0.1) is 12.1 Å². The molecule has 1 heterocycles. The molecule has 6 heteroatoms. The Hall–Kier alpha value is -1.85. The standard InChI is InChI=1S/C14H18N4O.ClH/c1-2-18-13(8-9-16-18)17-14(19)12(10-15)11-6-4-3-5-7-11;/h3-9,12H,2,10,15H2,1H3,(H,17,19);1H. The molecule has 1 aromatic carbocycles. The lowest BCUT2D eigenvalue weighted by Crippen LogP contribution is -2.28. The second-order valence-corrected chi connectivity index (χ2v) is 4.22. The van der Waals surface area contributed by atoms with Gasteiger partial charge in [0.1, 0.15) is 5.82 Å². The first-order chi connectivity index (χ1) is 9.26. The molecule has 2 aromatic rings. The highest BCUT2D eigenvalue weighted by molar-refractivity contribution is 5.95. The maximum absolute atomic E-state index is 12.3. The number of carbonyl (C=O) groups is 1. The van der Waals surface area contributed by atoms with E-state index in [0.717, 1.165) is 5.56 Å². The fraction of sp³-hybridized carbons (Fsp3) is 0.286. The number of hydrogen-bond donors (Lipinski definition) is 2. The Morgan fingerprint density at radius 2 is 2.05 bits per heavy atom. The molecule has 108 valence electrons. The molecule has 20 heavy (non-hydrogen) atoms.